The standard InChI is InChI=1S/C21H26FN7O3/c22-20-14(13-31-19(30)10-18(24)25)2-1-3-17(20)15-11-26-21(27-12-15)29-7-4-16(5-8-29)28-32-9-6-23/h1-3,11-12H,4-10,13,23H2,(H3,24,25). The number of ether oxygens (including phenoxy) is 1. The van der Waals surface area contributed by atoms with Crippen LogP contribution in [0.25, 0.3) is 11.1 Å². The van der Waals surface area contributed by atoms with Gasteiger partial charge in [-0.15, -0.1) is 0 Å². The summed E-state index contributed by atoms with van der Waals surface area (Å²) < 4.78 is 19.9. The van der Waals surface area contributed by atoms with E-state index in [0.717, 1.165) is 18.6 Å². The molecule has 3 rings (SSSR count). The smallest absolute Gasteiger partial charge is 0.313 e. The first-order chi connectivity index (χ1) is 15.5. The minimum Gasteiger partial charge on any atom is -0.460 e. The fraction of sp³-hybridized carbons (Fsp3) is 0.381. The molecule has 0 radical (unpaired) electrons. The lowest BCUT2D eigenvalue weighted by molar-refractivity contribution is -0.143. The van der Waals surface area contributed by atoms with E-state index in [1.165, 1.54) is 6.07 Å². The van der Waals surface area contributed by atoms with Crippen LogP contribution in [-0.4, -0.2) is 53.7 Å². The van der Waals surface area contributed by atoms with Crippen LogP contribution in [0.2, 0.25) is 0 Å². The number of nitrogens with zero attached hydrogens (tertiary/aromatic N) is 4. The van der Waals surface area contributed by atoms with E-state index >= 15 is 0 Å². The third-order valence-electron chi connectivity index (χ3n) is 4.78. The van der Waals surface area contributed by atoms with Crippen LogP contribution in [0.3, 0.4) is 0 Å². The van der Waals surface area contributed by atoms with Crippen molar-refractivity contribution in [2.45, 2.75) is 25.9 Å². The summed E-state index contributed by atoms with van der Waals surface area (Å²) in [6.45, 7) is 1.99. The molecule has 0 bridgehead atoms. The highest BCUT2D eigenvalue weighted by molar-refractivity contribution is 5.94. The maximum Gasteiger partial charge on any atom is 0.313 e. The average Bonchev–Trinajstić information content (AvgIpc) is 2.79. The Kier molecular flexibility index (Phi) is 8.03. The number of nitrogens with two attached hydrogens (primary N) is 2. The fourth-order valence-corrected chi connectivity index (χ4v) is 3.15. The highest BCUT2D eigenvalue weighted by Crippen LogP contribution is 2.26. The number of hydrogen-bond donors (Lipinski definition) is 3. The predicted octanol–water partition coefficient (Wildman–Crippen LogP) is 1.58. The molecule has 1 aromatic heterocycles. The van der Waals surface area contributed by atoms with Gasteiger partial charge in [0.1, 0.15) is 31.3 Å². The lowest BCUT2D eigenvalue weighted by Crippen LogP contribution is -2.35. The molecule has 170 valence electrons. The first-order valence-corrected chi connectivity index (χ1v) is 10.2. The number of nitrogens with one attached hydrogen (secondary N) is 1. The molecule has 0 amide bonds. The van der Waals surface area contributed by atoms with Crippen LogP contribution in [-0.2, 0) is 21.0 Å². The Morgan fingerprint density at radius 3 is 2.62 bits per heavy atom. The van der Waals surface area contributed by atoms with Crippen molar-refractivity contribution in [3.8, 4) is 11.1 Å². The van der Waals surface area contributed by atoms with Crippen LogP contribution in [0.4, 0.5) is 10.3 Å². The molecule has 32 heavy (non-hydrogen) atoms. The summed E-state index contributed by atoms with van der Waals surface area (Å²) in [5, 5.41) is 11.2. The molecule has 1 aromatic carbocycles. The molecule has 0 atom stereocenters. The Hall–Kier alpha value is -3.60. The second kappa shape index (κ2) is 11.1. The van der Waals surface area contributed by atoms with Gasteiger partial charge in [-0.25, -0.2) is 14.4 Å². The molecule has 10 nitrogen and oxygen atoms in total. The third kappa shape index (κ3) is 6.20. The van der Waals surface area contributed by atoms with Crippen molar-refractivity contribution < 1.29 is 18.8 Å². The summed E-state index contributed by atoms with van der Waals surface area (Å²) in [5.74, 6) is -0.949. The monoisotopic (exact) mass is 443 g/mol. The Morgan fingerprint density at radius 2 is 1.97 bits per heavy atom. The largest absolute Gasteiger partial charge is 0.460 e. The van der Waals surface area contributed by atoms with Crippen LogP contribution in [0.1, 0.15) is 24.8 Å². The number of rotatable bonds is 9. The lowest BCUT2D eigenvalue weighted by atomic mass is 10.0. The molecule has 1 aliphatic heterocycles. The van der Waals surface area contributed by atoms with E-state index < -0.39 is 11.8 Å². The normalized spacial score (nSPS) is 13.6. The number of amidine groups is 1. The molecule has 2 aromatic rings. The highest BCUT2D eigenvalue weighted by Gasteiger charge is 2.19. The molecule has 1 aliphatic rings. The Morgan fingerprint density at radius 1 is 1.25 bits per heavy atom. The summed E-state index contributed by atoms with van der Waals surface area (Å²) in [6, 6.07) is 4.80. The maximum atomic E-state index is 14.9. The first-order valence-electron chi connectivity index (χ1n) is 10.2. The second-order valence-corrected chi connectivity index (χ2v) is 7.18. The number of aromatic nitrogens is 2. The predicted molar refractivity (Wildman–Crippen MR) is 118 cm³/mol. The quantitative estimate of drug-likeness (QED) is 0.174. The fourth-order valence-electron chi connectivity index (χ4n) is 3.15. The zero-order valence-electron chi connectivity index (χ0n) is 17.6. The van der Waals surface area contributed by atoms with E-state index in [-0.39, 0.29) is 24.4 Å². The molecule has 0 saturated carbocycles. The van der Waals surface area contributed by atoms with E-state index in [4.69, 9.17) is 26.5 Å². The van der Waals surface area contributed by atoms with Gasteiger partial charge in [0.25, 0.3) is 0 Å². The van der Waals surface area contributed by atoms with Crippen LogP contribution in [0.15, 0.2) is 35.7 Å². The van der Waals surface area contributed by atoms with Gasteiger partial charge < -0.3 is 25.9 Å². The van der Waals surface area contributed by atoms with Gasteiger partial charge in [0.2, 0.25) is 5.95 Å². The summed E-state index contributed by atoms with van der Waals surface area (Å²) >= 11 is 0. The zero-order valence-corrected chi connectivity index (χ0v) is 17.6. The van der Waals surface area contributed by atoms with Crippen molar-refractivity contribution in [3.05, 3.63) is 42.0 Å². The minimum atomic E-state index is -0.685. The third-order valence-corrected chi connectivity index (χ3v) is 4.78. The molecule has 11 heteroatoms. The van der Waals surface area contributed by atoms with Crippen molar-refractivity contribution in [1.82, 2.24) is 9.97 Å². The molecule has 0 aliphatic carbocycles. The minimum absolute atomic E-state index is 0.211. The van der Waals surface area contributed by atoms with Crippen molar-refractivity contribution in [3.63, 3.8) is 0 Å². The van der Waals surface area contributed by atoms with Gasteiger partial charge in [-0.2, -0.15) is 0 Å². The highest BCUT2D eigenvalue weighted by atomic mass is 19.1. The van der Waals surface area contributed by atoms with Crippen molar-refractivity contribution in [2.24, 2.45) is 16.6 Å². The lowest BCUT2D eigenvalue weighted by Gasteiger charge is -2.27. The zero-order chi connectivity index (χ0) is 22.9. The summed E-state index contributed by atoms with van der Waals surface area (Å²) in [7, 11) is 0. The van der Waals surface area contributed by atoms with Gasteiger partial charge in [-0.3, -0.25) is 10.2 Å². The molecule has 0 unspecified atom stereocenters. The van der Waals surface area contributed by atoms with Crippen molar-refractivity contribution >= 4 is 23.5 Å². The number of hydrogen-bond acceptors (Lipinski definition) is 9. The number of anilines is 1. The van der Waals surface area contributed by atoms with E-state index in [2.05, 4.69) is 15.1 Å². The summed E-state index contributed by atoms with van der Waals surface area (Å²) in [4.78, 5) is 27.5. The molecule has 0 spiro atoms. The number of carbonyl (C=O) groups excluding carboxylic acids is 1. The number of esters is 1. The topological polar surface area (TPSA) is 153 Å². The molecular weight excluding hydrogens is 417 g/mol. The molecule has 2 heterocycles. The van der Waals surface area contributed by atoms with Gasteiger partial charge >= 0.3 is 5.97 Å². The Labute approximate surface area is 184 Å². The van der Waals surface area contributed by atoms with E-state index in [1.807, 2.05) is 4.90 Å². The van der Waals surface area contributed by atoms with Crippen molar-refractivity contribution in [1.29, 1.82) is 5.41 Å². The van der Waals surface area contributed by atoms with Crippen LogP contribution in [0.5, 0.6) is 0 Å². The van der Waals surface area contributed by atoms with Crippen molar-refractivity contribution in [2.75, 3.05) is 31.1 Å². The molecule has 1 fully saturated rings. The van der Waals surface area contributed by atoms with Gasteiger partial charge in [0.05, 0.1) is 5.71 Å². The summed E-state index contributed by atoms with van der Waals surface area (Å²) in [6.07, 6.45) is 4.30. The summed E-state index contributed by atoms with van der Waals surface area (Å²) in [5.41, 5.74) is 12.6. The van der Waals surface area contributed by atoms with Gasteiger partial charge in [-0.1, -0.05) is 23.4 Å². The average molecular weight is 443 g/mol. The van der Waals surface area contributed by atoms with Crippen LogP contribution in [0, 0.1) is 11.2 Å². The number of oxime groups is 1. The molecule has 5 N–H and O–H groups in total. The number of carbonyl (C=O) groups is 1. The van der Waals surface area contributed by atoms with E-state index in [9.17, 15) is 9.18 Å². The van der Waals surface area contributed by atoms with E-state index in [0.29, 0.717) is 43.3 Å². The van der Waals surface area contributed by atoms with Gasteiger partial charge in [0, 0.05) is 61.6 Å². The molecule has 1 saturated heterocycles. The number of piperidine rings is 1. The Bertz CT molecular complexity index is 972. The first kappa shape index (κ1) is 23.1. The van der Waals surface area contributed by atoms with E-state index in [1.54, 1.807) is 24.5 Å². The second-order valence-electron chi connectivity index (χ2n) is 7.18. The number of halogens is 1. The van der Waals surface area contributed by atoms with Crippen LogP contribution >= 0.6 is 0 Å². The molecular formula is C21H26FN7O3. The SMILES string of the molecule is N=C(N)CC(=O)OCc1cccc(-c2cnc(N3CCC(=NOCCN)CC3)nc2)c1F. The maximum absolute atomic E-state index is 14.9. The van der Waals surface area contributed by atoms with Gasteiger partial charge in [-0.05, 0) is 0 Å². The van der Waals surface area contributed by atoms with Crippen LogP contribution < -0.4 is 16.4 Å². The number of benzene rings is 1. The Balaban J connectivity index is 1.63. The van der Waals surface area contributed by atoms with Gasteiger partial charge in [0.15, 0.2) is 0 Å².